The zero-order valence-corrected chi connectivity index (χ0v) is 22.4. The van der Waals surface area contributed by atoms with E-state index in [1.54, 1.807) is 28.4 Å². The topological polar surface area (TPSA) is 75.7 Å². The Hall–Kier alpha value is -3.33. The van der Waals surface area contributed by atoms with Gasteiger partial charge >= 0.3 is 6.03 Å². The van der Waals surface area contributed by atoms with E-state index < -0.39 is 0 Å². The van der Waals surface area contributed by atoms with E-state index in [1.807, 2.05) is 35.2 Å². The zero-order valence-electron chi connectivity index (χ0n) is 22.4. The summed E-state index contributed by atoms with van der Waals surface area (Å²) in [6, 6.07) is 9.69. The first-order chi connectivity index (χ1) is 17.4. The highest BCUT2D eigenvalue weighted by Crippen LogP contribution is 2.35. The molecule has 2 amide bonds. The number of amides is 2. The van der Waals surface area contributed by atoms with Crippen LogP contribution < -0.4 is 29.2 Å². The average Bonchev–Trinajstić information content (AvgIpc) is 3.04. The molecule has 198 valence electrons. The van der Waals surface area contributed by atoms with Crippen molar-refractivity contribution in [2.45, 2.75) is 19.3 Å². The number of carbonyl (C=O) groups is 1. The van der Waals surface area contributed by atoms with E-state index >= 15 is 0 Å². The fourth-order valence-corrected chi connectivity index (χ4v) is 4.42. The Bertz CT molecular complexity index is 1020. The van der Waals surface area contributed by atoms with Crippen molar-refractivity contribution in [3.8, 4) is 23.0 Å². The number of hydrogen-bond donors (Lipinski definition) is 1. The summed E-state index contributed by atoms with van der Waals surface area (Å²) < 4.78 is 21.5. The molecule has 2 aromatic carbocycles. The Morgan fingerprint density at radius 3 is 2.17 bits per heavy atom. The molecule has 9 nitrogen and oxygen atoms in total. The minimum absolute atomic E-state index is 0.0693. The molecule has 0 unspecified atom stereocenters. The van der Waals surface area contributed by atoms with Crippen molar-refractivity contribution < 1.29 is 23.7 Å². The summed E-state index contributed by atoms with van der Waals surface area (Å²) in [6.45, 7) is 4.23. The van der Waals surface area contributed by atoms with E-state index in [-0.39, 0.29) is 6.03 Å². The lowest BCUT2D eigenvalue weighted by Crippen LogP contribution is -2.37. The molecule has 0 atom stereocenters. The van der Waals surface area contributed by atoms with Gasteiger partial charge in [-0.25, -0.2) is 4.79 Å². The van der Waals surface area contributed by atoms with Crippen LogP contribution in [0.4, 0.5) is 16.2 Å². The third kappa shape index (κ3) is 6.87. The molecule has 1 aliphatic rings. The molecule has 0 spiro atoms. The molecule has 0 radical (unpaired) electrons. The average molecular weight is 501 g/mol. The first kappa shape index (κ1) is 27.3. The summed E-state index contributed by atoms with van der Waals surface area (Å²) in [5.41, 5.74) is 2.94. The third-order valence-corrected chi connectivity index (χ3v) is 6.60. The van der Waals surface area contributed by atoms with Crippen LogP contribution in [0.15, 0.2) is 30.3 Å². The second-order valence-electron chi connectivity index (χ2n) is 9.00. The van der Waals surface area contributed by atoms with Gasteiger partial charge in [-0.2, -0.15) is 0 Å². The smallest absolute Gasteiger partial charge is 0.321 e. The molecule has 0 aliphatic carbocycles. The van der Waals surface area contributed by atoms with Crippen LogP contribution in [-0.2, 0) is 6.42 Å². The monoisotopic (exact) mass is 500 g/mol. The lowest BCUT2D eigenvalue weighted by Gasteiger charge is -2.24. The molecule has 0 saturated carbocycles. The minimum atomic E-state index is -0.0693. The van der Waals surface area contributed by atoms with Gasteiger partial charge < -0.3 is 39.0 Å². The standard InChI is InChI=1S/C27H40N4O5/c1-29(12-7-14-30(2)21-9-10-23(33-3)25(18-21)35-5)13-8-15-31-16-11-20-17-24(34-4)26(36-6)19-22(20)28-27(31)32/h9-10,17-19H,7-8,11-16H2,1-6H3,(H,28,32). The van der Waals surface area contributed by atoms with E-state index in [2.05, 4.69) is 29.2 Å². The molecule has 2 aromatic rings. The number of nitrogens with zero attached hydrogens (tertiary/aromatic N) is 3. The lowest BCUT2D eigenvalue weighted by molar-refractivity contribution is 0.208. The molecule has 9 heteroatoms. The second kappa shape index (κ2) is 13.1. The number of ether oxygens (including phenoxy) is 4. The Morgan fingerprint density at radius 2 is 1.47 bits per heavy atom. The van der Waals surface area contributed by atoms with Gasteiger partial charge in [-0.05, 0) is 63.2 Å². The maximum Gasteiger partial charge on any atom is 0.321 e. The number of nitrogens with one attached hydrogen (secondary N) is 1. The van der Waals surface area contributed by atoms with Crippen molar-refractivity contribution in [3.05, 3.63) is 35.9 Å². The fourth-order valence-electron chi connectivity index (χ4n) is 4.42. The van der Waals surface area contributed by atoms with Crippen LogP contribution in [0.3, 0.4) is 0 Å². The van der Waals surface area contributed by atoms with Gasteiger partial charge in [0, 0.05) is 50.2 Å². The van der Waals surface area contributed by atoms with E-state index in [0.717, 1.165) is 67.3 Å². The summed E-state index contributed by atoms with van der Waals surface area (Å²) in [6.07, 6.45) is 2.72. The third-order valence-electron chi connectivity index (χ3n) is 6.60. The first-order valence-corrected chi connectivity index (χ1v) is 12.3. The van der Waals surface area contributed by atoms with Gasteiger partial charge in [-0.15, -0.1) is 0 Å². The van der Waals surface area contributed by atoms with Gasteiger partial charge in [0.25, 0.3) is 0 Å². The number of methoxy groups -OCH3 is 4. The molecule has 1 heterocycles. The summed E-state index contributed by atoms with van der Waals surface area (Å²) in [7, 11) is 10.7. The van der Waals surface area contributed by atoms with E-state index in [1.165, 1.54) is 0 Å². The van der Waals surface area contributed by atoms with Gasteiger partial charge in [-0.3, -0.25) is 0 Å². The molecule has 0 bridgehead atoms. The van der Waals surface area contributed by atoms with Crippen LogP contribution in [0.2, 0.25) is 0 Å². The summed E-state index contributed by atoms with van der Waals surface area (Å²) in [5, 5.41) is 3.03. The van der Waals surface area contributed by atoms with Gasteiger partial charge in [0.2, 0.25) is 0 Å². The Balaban J connectivity index is 1.41. The molecule has 0 aromatic heterocycles. The van der Waals surface area contributed by atoms with E-state index in [4.69, 9.17) is 18.9 Å². The number of rotatable bonds is 13. The van der Waals surface area contributed by atoms with Gasteiger partial charge in [-0.1, -0.05) is 0 Å². The van der Waals surface area contributed by atoms with Crippen LogP contribution in [0.25, 0.3) is 0 Å². The highest BCUT2D eigenvalue weighted by Gasteiger charge is 2.22. The van der Waals surface area contributed by atoms with Crippen molar-refractivity contribution in [2.24, 2.45) is 0 Å². The highest BCUT2D eigenvalue weighted by atomic mass is 16.5. The summed E-state index contributed by atoms with van der Waals surface area (Å²) in [5.74, 6) is 2.76. The number of fused-ring (bicyclic) bond motifs is 1. The SMILES string of the molecule is COc1ccc(N(C)CCCN(C)CCCN2CCc3cc(OC)c(OC)cc3NC2=O)cc1OC. The zero-order chi connectivity index (χ0) is 26.1. The second-order valence-corrected chi connectivity index (χ2v) is 9.00. The van der Waals surface area contributed by atoms with Crippen molar-refractivity contribution in [1.82, 2.24) is 9.80 Å². The van der Waals surface area contributed by atoms with Crippen molar-refractivity contribution in [2.75, 3.05) is 85.5 Å². The molecule has 1 aliphatic heterocycles. The molecule has 1 N–H and O–H groups in total. The van der Waals surface area contributed by atoms with Crippen LogP contribution in [0, 0.1) is 0 Å². The maximum atomic E-state index is 12.8. The number of hydrogen-bond acceptors (Lipinski definition) is 7. The van der Waals surface area contributed by atoms with Gasteiger partial charge in [0.1, 0.15) is 0 Å². The Morgan fingerprint density at radius 1 is 0.833 bits per heavy atom. The van der Waals surface area contributed by atoms with Gasteiger partial charge in [0.05, 0.1) is 28.4 Å². The minimum Gasteiger partial charge on any atom is -0.493 e. The lowest BCUT2D eigenvalue weighted by atomic mass is 10.1. The number of anilines is 2. The normalized spacial score (nSPS) is 13.1. The maximum absolute atomic E-state index is 12.8. The molecular weight excluding hydrogens is 460 g/mol. The predicted molar refractivity (Wildman–Crippen MR) is 143 cm³/mol. The Kier molecular flexibility index (Phi) is 9.93. The van der Waals surface area contributed by atoms with Crippen molar-refractivity contribution in [3.63, 3.8) is 0 Å². The van der Waals surface area contributed by atoms with Gasteiger partial charge in [0.15, 0.2) is 23.0 Å². The number of carbonyl (C=O) groups excluding carboxylic acids is 1. The molecule has 0 saturated heterocycles. The first-order valence-electron chi connectivity index (χ1n) is 12.3. The Labute approximate surface area is 214 Å². The van der Waals surface area contributed by atoms with Crippen LogP contribution in [0.5, 0.6) is 23.0 Å². The summed E-state index contributed by atoms with van der Waals surface area (Å²) in [4.78, 5) is 19.2. The molecule has 3 rings (SSSR count). The highest BCUT2D eigenvalue weighted by molar-refractivity contribution is 5.91. The molecule has 0 fully saturated rings. The number of benzene rings is 2. The molecular formula is C27H40N4O5. The summed E-state index contributed by atoms with van der Waals surface area (Å²) >= 11 is 0. The van der Waals surface area contributed by atoms with E-state index in [0.29, 0.717) is 24.6 Å². The quantitative estimate of drug-likeness (QED) is 0.446. The largest absolute Gasteiger partial charge is 0.493 e. The predicted octanol–water partition coefficient (Wildman–Crippen LogP) is 3.96. The van der Waals surface area contributed by atoms with Crippen molar-refractivity contribution in [1.29, 1.82) is 0 Å². The van der Waals surface area contributed by atoms with Crippen LogP contribution >= 0.6 is 0 Å². The van der Waals surface area contributed by atoms with E-state index in [9.17, 15) is 4.79 Å². The van der Waals surface area contributed by atoms with Crippen molar-refractivity contribution >= 4 is 17.4 Å². The van der Waals surface area contributed by atoms with Crippen LogP contribution in [0.1, 0.15) is 18.4 Å². The number of urea groups is 1. The fraction of sp³-hybridized carbons (Fsp3) is 0.519. The van der Waals surface area contributed by atoms with Crippen LogP contribution in [-0.4, -0.2) is 91.1 Å². The molecule has 36 heavy (non-hydrogen) atoms.